The Morgan fingerprint density at radius 2 is 2.17 bits per heavy atom. The van der Waals surface area contributed by atoms with Crippen LogP contribution in [0.1, 0.15) is 53.5 Å². The van der Waals surface area contributed by atoms with E-state index in [2.05, 4.69) is 28.2 Å². The minimum Gasteiger partial charge on any atom is -0.344 e. The number of amides is 1. The molecule has 1 amide bonds. The van der Waals surface area contributed by atoms with Crippen molar-refractivity contribution < 1.29 is 4.79 Å². The van der Waals surface area contributed by atoms with Gasteiger partial charge in [0.15, 0.2) is 0 Å². The van der Waals surface area contributed by atoms with E-state index in [1.54, 1.807) is 0 Å². The number of aromatic amines is 1. The van der Waals surface area contributed by atoms with Crippen LogP contribution < -0.4 is 0 Å². The Hall–Kier alpha value is -2.10. The lowest BCUT2D eigenvalue weighted by Gasteiger charge is -2.23. The van der Waals surface area contributed by atoms with E-state index < -0.39 is 0 Å². The lowest BCUT2D eigenvalue weighted by molar-refractivity contribution is -0.131. The maximum atomic E-state index is 12.8. The zero-order valence-corrected chi connectivity index (χ0v) is 13.6. The normalized spacial score (nSPS) is 20.0. The number of rotatable bonds is 3. The van der Waals surface area contributed by atoms with Gasteiger partial charge in [0.05, 0.1) is 12.5 Å². The molecule has 4 nitrogen and oxygen atoms in total. The first kappa shape index (κ1) is 14.5. The van der Waals surface area contributed by atoms with Crippen LogP contribution in [0.4, 0.5) is 0 Å². The van der Waals surface area contributed by atoms with Crippen LogP contribution >= 0.6 is 0 Å². The molecule has 1 atom stereocenters. The molecule has 1 aromatic heterocycles. The van der Waals surface area contributed by atoms with Gasteiger partial charge >= 0.3 is 0 Å². The summed E-state index contributed by atoms with van der Waals surface area (Å²) in [6, 6.07) is 6.69. The van der Waals surface area contributed by atoms with E-state index in [4.69, 9.17) is 0 Å². The maximum absolute atomic E-state index is 12.8. The summed E-state index contributed by atoms with van der Waals surface area (Å²) in [5, 5.41) is 0. The van der Waals surface area contributed by atoms with Crippen molar-refractivity contribution in [3.8, 4) is 0 Å². The second-order valence-corrected chi connectivity index (χ2v) is 6.83. The Bertz CT molecular complexity index is 734. The Morgan fingerprint density at radius 1 is 1.30 bits per heavy atom. The van der Waals surface area contributed by atoms with Gasteiger partial charge in [0.1, 0.15) is 5.82 Å². The molecule has 120 valence electrons. The third kappa shape index (κ3) is 2.78. The summed E-state index contributed by atoms with van der Waals surface area (Å²) < 4.78 is 0. The van der Waals surface area contributed by atoms with Gasteiger partial charge in [0.25, 0.3) is 0 Å². The maximum Gasteiger partial charge on any atom is 0.227 e. The summed E-state index contributed by atoms with van der Waals surface area (Å²) in [4.78, 5) is 22.5. The number of carbonyl (C=O) groups is 1. The van der Waals surface area contributed by atoms with Crippen molar-refractivity contribution in [1.82, 2.24) is 14.9 Å². The van der Waals surface area contributed by atoms with E-state index in [-0.39, 0.29) is 11.9 Å². The smallest absolute Gasteiger partial charge is 0.227 e. The molecule has 2 aliphatic rings. The van der Waals surface area contributed by atoms with Gasteiger partial charge in [-0.25, -0.2) is 4.98 Å². The van der Waals surface area contributed by atoms with Gasteiger partial charge in [-0.3, -0.25) is 4.79 Å². The minimum absolute atomic E-state index is 0.116. The van der Waals surface area contributed by atoms with Crippen LogP contribution in [0.25, 0.3) is 0 Å². The van der Waals surface area contributed by atoms with Gasteiger partial charge in [-0.1, -0.05) is 18.2 Å². The van der Waals surface area contributed by atoms with E-state index in [1.807, 2.05) is 18.0 Å². The van der Waals surface area contributed by atoms with E-state index in [0.717, 1.165) is 42.9 Å². The summed E-state index contributed by atoms with van der Waals surface area (Å²) in [5.41, 5.74) is 5.11. The number of aromatic nitrogens is 2. The zero-order valence-electron chi connectivity index (χ0n) is 13.6. The molecule has 23 heavy (non-hydrogen) atoms. The third-order valence-corrected chi connectivity index (χ3v) is 5.13. The lowest BCUT2D eigenvalue weighted by atomic mass is 10.0. The van der Waals surface area contributed by atoms with E-state index >= 15 is 0 Å². The highest BCUT2D eigenvalue weighted by Gasteiger charge is 2.31. The molecule has 1 aliphatic heterocycles. The molecule has 1 N–H and O–H groups in total. The highest BCUT2D eigenvalue weighted by atomic mass is 16.2. The van der Waals surface area contributed by atoms with Crippen molar-refractivity contribution in [2.45, 2.75) is 51.5 Å². The molecular weight excluding hydrogens is 286 g/mol. The fourth-order valence-electron chi connectivity index (χ4n) is 3.96. The fourth-order valence-corrected chi connectivity index (χ4v) is 3.96. The van der Waals surface area contributed by atoms with Crippen molar-refractivity contribution >= 4 is 5.91 Å². The molecule has 0 bridgehead atoms. The van der Waals surface area contributed by atoms with Crippen LogP contribution in [-0.2, 0) is 24.1 Å². The first-order valence-corrected chi connectivity index (χ1v) is 8.62. The van der Waals surface area contributed by atoms with E-state index in [1.165, 1.54) is 24.0 Å². The van der Waals surface area contributed by atoms with Crippen molar-refractivity contribution in [2.24, 2.45) is 0 Å². The van der Waals surface area contributed by atoms with Crippen molar-refractivity contribution in [3.63, 3.8) is 0 Å². The molecule has 1 aromatic carbocycles. The fraction of sp³-hybridized carbons (Fsp3) is 0.474. The molecular formula is C19H23N3O. The number of likely N-dealkylation sites (tertiary alicyclic amines) is 1. The standard InChI is InChI=1S/C19H23N3O/c1-13-12-20-19(21-13)17-6-3-9-22(17)18(23)11-14-7-8-15-4-2-5-16(15)10-14/h7-8,10,12,17H,2-6,9,11H2,1H3,(H,20,21). The second kappa shape index (κ2) is 5.84. The third-order valence-electron chi connectivity index (χ3n) is 5.13. The number of aryl methyl sites for hydroxylation is 3. The number of carbonyl (C=O) groups excluding carboxylic acids is 1. The average Bonchev–Trinajstić information content (AvgIpc) is 3.26. The largest absolute Gasteiger partial charge is 0.344 e. The molecule has 1 aliphatic carbocycles. The van der Waals surface area contributed by atoms with Crippen molar-refractivity contribution in [3.05, 3.63) is 52.6 Å². The highest BCUT2D eigenvalue weighted by molar-refractivity contribution is 5.79. The SMILES string of the molecule is Cc1cnc(C2CCCN2C(=O)Cc2ccc3c(c2)CCC3)[nH]1. The van der Waals surface area contributed by atoms with E-state index in [9.17, 15) is 4.79 Å². The van der Waals surface area contributed by atoms with Gasteiger partial charge in [-0.15, -0.1) is 0 Å². The van der Waals surface area contributed by atoms with Crippen LogP contribution in [0.5, 0.6) is 0 Å². The van der Waals surface area contributed by atoms with Crippen LogP contribution in [0, 0.1) is 6.92 Å². The predicted molar refractivity (Wildman–Crippen MR) is 89.2 cm³/mol. The average molecular weight is 309 g/mol. The van der Waals surface area contributed by atoms with Gasteiger partial charge in [-0.05, 0) is 55.7 Å². The van der Waals surface area contributed by atoms with Crippen LogP contribution in [0.3, 0.4) is 0 Å². The summed E-state index contributed by atoms with van der Waals surface area (Å²) in [7, 11) is 0. The summed E-state index contributed by atoms with van der Waals surface area (Å²) in [6.07, 6.45) is 8.01. The van der Waals surface area contributed by atoms with Crippen LogP contribution in [0.15, 0.2) is 24.4 Å². The number of hydrogen-bond donors (Lipinski definition) is 1. The van der Waals surface area contributed by atoms with Gasteiger partial charge in [0.2, 0.25) is 5.91 Å². The zero-order chi connectivity index (χ0) is 15.8. The quantitative estimate of drug-likeness (QED) is 0.947. The first-order chi connectivity index (χ1) is 11.2. The number of nitrogens with zero attached hydrogens (tertiary/aromatic N) is 2. The molecule has 1 fully saturated rings. The number of benzene rings is 1. The summed E-state index contributed by atoms with van der Waals surface area (Å²) >= 11 is 0. The molecule has 0 radical (unpaired) electrons. The van der Waals surface area contributed by atoms with Crippen molar-refractivity contribution in [1.29, 1.82) is 0 Å². The second-order valence-electron chi connectivity index (χ2n) is 6.83. The molecule has 4 heteroatoms. The topological polar surface area (TPSA) is 49.0 Å². The van der Waals surface area contributed by atoms with E-state index in [0.29, 0.717) is 6.42 Å². The Kier molecular flexibility index (Phi) is 3.68. The number of hydrogen-bond acceptors (Lipinski definition) is 2. The number of nitrogens with one attached hydrogen (secondary N) is 1. The number of H-pyrrole nitrogens is 1. The van der Waals surface area contributed by atoms with Crippen LogP contribution in [-0.4, -0.2) is 27.3 Å². The molecule has 2 heterocycles. The molecule has 2 aromatic rings. The van der Waals surface area contributed by atoms with Crippen molar-refractivity contribution in [2.75, 3.05) is 6.54 Å². The Labute approximate surface area is 136 Å². The predicted octanol–water partition coefficient (Wildman–Crippen LogP) is 3.11. The lowest BCUT2D eigenvalue weighted by Crippen LogP contribution is -2.32. The molecule has 1 saturated heterocycles. The van der Waals surface area contributed by atoms with Gasteiger partial charge in [-0.2, -0.15) is 0 Å². The minimum atomic E-state index is 0.116. The number of imidazole rings is 1. The molecule has 0 spiro atoms. The number of fused-ring (bicyclic) bond motifs is 1. The Balaban J connectivity index is 1.50. The van der Waals surface area contributed by atoms with Gasteiger partial charge < -0.3 is 9.88 Å². The molecule has 4 rings (SSSR count). The van der Waals surface area contributed by atoms with Gasteiger partial charge in [0, 0.05) is 18.4 Å². The molecule has 0 saturated carbocycles. The molecule has 1 unspecified atom stereocenters. The monoisotopic (exact) mass is 309 g/mol. The highest BCUT2D eigenvalue weighted by Crippen LogP contribution is 2.31. The van der Waals surface area contributed by atoms with Crippen LogP contribution in [0.2, 0.25) is 0 Å². The Morgan fingerprint density at radius 3 is 3.00 bits per heavy atom. The summed E-state index contributed by atoms with van der Waals surface area (Å²) in [5.74, 6) is 1.15. The summed E-state index contributed by atoms with van der Waals surface area (Å²) in [6.45, 7) is 2.84. The first-order valence-electron chi connectivity index (χ1n) is 8.62.